The number of aryl methyl sites for hydroxylation is 2. The van der Waals surface area contributed by atoms with Crippen molar-refractivity contribution in [2.75, 3.05) is 36.4 Å². The predicted octanol–water partition coefficient (Wildman–Crippen LogP) is 4.11. The van der Waals surface area contributed by atoms with Gasteiger partial charge in [0.15, 0.2) is 5.82 Å². The van der Waals surface area contributed by atoms with E-state index in [1.54, 1.807) is 0 Å². The molecule has 148 valence electrons. The maximum absolute atomic E-state index is 12.6. The standard InChI is InChI=1S/C23H25N5O/c1-17-8-9-18(2)21(16-17)24-23(29)28-14-12-27(13-15-28)22-11-10-20(25-26-22)19-6-4-3-5-7-19/h3-11,16H,12-15H2,1-2H3,(H,24,29). The van der Waals surface area contributed by atoms with Crippen LogP contribution in [0.5, 0.6) is 0 Å². The largest absolute Gasteiger partial charge is 0.352 e. The molecule has 2 heterocycles. The number of hydrogen-bond donors (Lipinski definition) is 1. The van der Waals surface area contributed by atoms with Crippen LogP contribution in [0.15, 0.2) is 60.7 Å². The topological polar surface area (TPSA) is 61.4 Å². The summed E-state index contributed by atoms with van der Waals surface area (Å²) < 4.78 is 0. The number of benzene rings is 2. The summed E-state index contributed by atoms with van der Waals surface area (Å²) in [5.74, 6) is 0.847. The molecule has 0 atom stereocenters. The van der Waals surface area contributed by atoms with Crippen LogP contribution in [0.4, 0.5) is 16.3 Å². The third-order valence-electron chi connectivity index (χ3n) is 5.25. The van der Waals surface area contributed by atoms with Crippen molar-refractivity contribution < 1.29 is 4.79 Å². The van der Waals surface area contributed by atoms with E-state index in [1.165, 1.54) is 0 Å². The molecule has 0 saturated carbocycles. The number of anilines is 2. The molecule has 1 fully saturated rings. The van der Waals surface area contributed by atoms with Gasteiger partial charge in [-0.2, -0.15) is 0 Å². The summed E-state index contributed by atoms with van der Waals surface area (Å²) in [6.07, 6.45) is 0. The second kappa shape index (κ2) is 8.31. The lowest BCUT2D eigenvalue weighted by molar-refractivity contribution is 0.208. The number of hydrogen-bond acceptors (Lipinski definition) is 4. The summed E-state index contributed by atoms with van der Waals surface area (Å²) in [6.45, 7) is 6.81. The molecule has 0 aliphatic carbocycles. The smallest absolute Gasteiger partial charge is 0.321 e. The normalized spacial score (nSPS) is 14.0. The zero-order valence-electron chi connectivity index (χ0n) is 16.8. The third-order valence-corrected chi connectivity index (χ3v) is 5.25. The van der Waals surface area contributed by atoms with E-state index in [4.69, 9.17) is 0 Å². The van der Waals surface area contributed by atoms with Crippen LogP contribution in [0.1, 0.15) is 11.1 Å². The molecule has 1 N–H and O–H groups in total. The summed E-state index contributed by atoms with van der Waals surface area (Å²) in [6, 6.07) is 20.1. The van der Waals surface area contributed by atoms with Crippen LogP contribution in [0.25, 0.3) is 11.3 Å². The Morgan fingerprint density at radius 2 is 1.66 bits per heavy atom. The summed E-state index contributed by atoms with van der Waals surface area (Å²) in [7, 11) is 0. The lowest BCUT2D eigenvalue weighted by atomic mass is 10.1. The van der Waals surface area contributed by atoms with E-state index < -0.39 is 0 Å². The van der Waals surface area contributed by atoms with Gasteiger partial charge in [0.2, 0.25) is 0 Å². The molecule has 1 aromatic heterocycles. The van der Waals surface area contributed by atoms with Gasteiger partial charge in [0.1, 0.15) is 0 Å². The molecular formula is C23H25N5O. The van der Waals surface area contributed by atoms with E-state index in [9.17, 15) is 4.79 Å². The van der Waals surface area contributed by atoms with Gasteiger partial charge in [0.25, 0.3) is 0 Å². The number of amides is 2. The lowest BCUT2D eigenvalue weighted by Crippen LogP contribution is -2.50. The van der Waals surface area contributed by atoms with Crippen LogP contribution in [0.3, 0.4) is 0 Å². The second-order valence-corrected chi connectivity index (χ2v) is 7.37. The summed E-state index contributed by atoms with van der Waals surface area (Å²) >= 11 is 0. The number of nitrogens with zero attached hydrogens (tertiary/aromatic N) is 4. The van der Waals surface area contributed by atoms with Gasteiger partial charge in [0.05, 0.1) is 5.69 Å². The highest BCUT2D eigenvalue weighted by Crippen LogP contribution is 2.20. The Balaban J connectivity index is 1.35. The molecule has 29 heavy (non-hydrogen) atoms. The molecule has 0 unspecified atom stereocenters. The maximum Gasteiger partial charge on any atom is 0.321 e. The minimum atomic E-state index is -0.0520. The molecule has 0 bridgehead atoms. The monoisotopic (exact) mass is 387 g/mol. The zero-order chi connectivity index (χ0) is 20.2. The molecular weight excluding hydrogens is 362 g/mol. The average Bonchev–Trinajstić information content (AvgIpc) is 2.77. The van der Waals surface area contributed by atoms with E-state index in [0.29, 0.717) is 13.1 Å². The van der Waals surface area contributed by atoms with Crippen molar-refractivity contribution in [3.8, 4) is 11.3 Å². The first kappa shape index (κ1) is 18.9. The van der Waals surface area contributed by atoms with Gasteiger partial charge in [-0.25, -0.2) is 4.79 Å². The van der Waals surface area contributed by atoms with Crippen molar-refractivity contribution >= 4 is 17.5 Å². The van der Waals surface area contributed by atoms with Crippen LogP contribution < -0.4 is 10.2 Å². The molecule has 6 nitrogen and oxygen atoms in total. The Hall–Kier alpha value is -3.41. The highest BCUT2D eigenvalue weighted by molar-refractivity contribution is 5.90. The van der Waals surface area contributed by atoms with Crippen LogP contribution in [-0.2, 0) is 0 Å². The van der Waals surface area contributed by atoms with Gasteiger partial charge < -0.3 is 15.1 Å². The molecule has 1 aliphatic heterocycles. The predicted molar refractivity (Wildman–Crippen MR) is 116 cm³/mol. The van der Waals surface area contributed by atoms with Crippen LogP contribution in [0, 0.1) is 13.8 Å². The van der Waals surface area contributed by atoms with Gasteiger partial charge in [0, 0.05) is 37.4 Å². The fraction of sp³-hybridized carbons (Fsp3) is 0.261. The number of piperazine rings is 1. The van der Waals surface area contributed by atoms with E-state index in [1.807, 2.05) is 79.4 Å². The van der Waals surface area contributed by atoms with E-state index in [-0.39, 0.29) is 6.03 Å². The molecule has 0 radical (unpaired) electrons. The zero-order valence-corrected chi connectivity index (χ0v) is 16.8. The molecule has 2 amide bonds. The van der Waals surface area contributed by atoms with Crippen molar-refractivity contribution in [1.82, 2.24) is 15.1 Å². The fourth-order valence-electron chi connectivity index (χ4n) is 3.46. The Morgan fingerprint density at radius 1 is 0.897 bits per heavy atom. The molecule has 4 rings (SSSR count). The molecule has 6 heteroatoms. The van der Waals surface area contributed by atoms with Crippen molar-refractivity contribution in [3.05, 3.63) is 71.8 Å². The molecule has 1 saturated heterocycles. The van der Waals surface area contributed by atoms with Crippen LogP contribution >= 0.6 is 0 Å². The summed E-state index contributed by atoms with van der Waals surface area (Å²) in [5.41, 5.74) is 4.99. The Labute approximate surface area is 171 Å². The number of urea groups is 1. The first-order valence-electron chi connectivity index (χ1n) is 9.87. The second-order valence-electron chi connectivity index (χ2n) is 7.37. The SMILES string of the molecule is Cc1ccc(C)c(NC(=O)N2CCN(c3ccc(-c4ccccc4)nn3)CC2)c1. The van der Waals surface area contributed by atoms with Gasteiger partial charge >= 0.3 is 6.03 Å². The highest BCUT2D eigenvalue weighted by atomic mass is 16.2. The molecule has 2 aromatic carbocycles. The number of aromatic nitrogens is 2. The third kappa shape index (κ3) is 4.37. The van der Waals surface area contributed by atoms with Gasteiger partial charge in [-0.05, 0) is 43.2 Å². The van der Waals surface area contributed by atoms with Crippen molar-refractivity contribution in [1.29, 1.82) is 0 Å². The van der Waals surface area contributed by atoms with Crippen molar-refractivity contribution in [3.63, 3.8) is 0 Å². The fourth-order valence-corrected chi connectivity index (χ4v) is 3.46. The maximum atomic E-state index is 12.6. The number of carbonyl (C=O) groups is 1. The number of nitrogens with one attached hydrogen (secondary N) is 1. The lowest BCUT2D eigenvalue weighted by Gasteiger charge is -2.35. The van der Waals surface area contributed by atoms with Gasteiger partial charge in [-0.15, -0.1) is 10.2 Å². The van der Waals surface area contributed by atoms with E-state index in [0.717, 1.165) is 47.0 Å². The molecule has 3 aromatic rings. The van der Waals surface area contributed by atoms with E-state index >= 15 is 0 Å². The number of carbonyl (C=O) groups excluding carboxylic acids is 1. The molecule has 1 aliphatic rings. The molecule has 0 spiro atoms. The van der Waals surface area contributed by atoms with Crippen molar-refractivity contribution in [2.45, 2.75) is 13.8 Å². The minimum absolute atomic E-state index is 0.0520. The first-order chi connectivity index (χ1) is 14.1. The first-order valence-corrected chi connectivity index (χ1v) is 9.87. The Bertz CT molecular complexity index is 980. The van der Waals surface area contributed by atoms with Gasteiger partial charge in [-0.1, -0.05) is 42.5 Å². The van der Waals surface area contributed by atoms with Crippen LogP contribution in [-0.4, -0.2) is 47.3 Å². The van der Waals surface area contributed by atoms with Gasteiger partial charge in [-0.3, -0.25) is 0 Å². The summed E-state index contributed by atoms with van der Waals surface area (Å²) in [5, 5.41) is 11.8. The Morgan fingerprint density at radius 3 is 2.34 bits per heavy atom. The highest BCUT2D eigenvalue weighted by Gasteiger charge is 2.22. The van der Waals surface area contributed by atoms with Crippen LogP contribution in [0.2, 0.25) is 0 Å². The quantitative estimate of drug-likeness (QED) is 0.735. The number of rotatable bonds is 3. The Kier molecular flexibility index (Phi) is 5.42. The average molecular weight is 387 g/mol. The minimum Gasteiger partial charge on any atom is -0.352 e. The van der Waals surface area contributed by atoms with E-state index in [2.05, 4.69) is 20.4 Å². The summed E-state index contributed by atoms with van der Waals surface area (Å²) in [4.78, 5) is 16.7. The van der Waals surface area contributed by atoms with Crippen molar-refractivity contribution in [2.24, 2.45) is 0 Å².